The van der Waals surface area contributed by atoms with Crippen molar-refractivity contribution in [3.05, 3.63) is 23.8 Å². The molecule has 4 atom stereocenters. The normalized spacial score (nSPS) is 35.7. The maximum absolute atomic E-state index is 12.4. The van der Waals surface area contributed by atoms with Crippen molar-refractivity contribution in [2.24, 2.45) is 17.3 Å². The molecule has 0 bridgehead atoms. The third-order valence-corrected chi connectivity index (χ3v) is 5.17. The Balaban J connectivity index is 2.36. The predicted octanol–water partition coefficient (Wildman–Crippen LogP) is 1.60. The van der Waals surface area contributed by atoms with Gasteiger partial charge in [0.05, 0.1) is 6.61 Å². The highest BCUT2D eigenvalue weighted by Gasteiger charge is 2.54. The molecule has 2 rings (SSSR count). The van der Waals surface area contributed by atoms with Gasteiger partial charge in [-0.3, -0.25) is 14.4 Å². The van der Waals surface area contributed by atoms with E-state index in [4.69, 9.17) is 4.74 Å². The molecule has 0 radical (unpaired) electrons. The minimum Gasteiger partial charge on any atom is -0.465 e. The summed E-state index contributed by atoms with van der Waals surface area (Å²) in [5, 5.41) is 10.9. The van der Waals surface area contributed by atoms with Crippen LogP contribution in [0.2, 0.25) is 0 Å². The SMILES string of the molecule is CC(=O)OC[C@@H](C)[C@]1(O)C[C@@]2(C)C(=CC1=O)C=CC(=O)[C@H]2C. The lowest BCUT2D eigenvalue weighted by atomic mass is 9.57. The van der Waals surface area contributed by atoms with Crippen molar-refractivity contribution in [1.82, 2.24) is 0 Å². The van der Waals surface area contributed by atoms with E-state index in [2.05, 4.69) is 0 Å². The third kappa shape index (κ3) is 2.54. The molecule has 0 fully saturated rings. The zero-order valence-electron chi connectivity index (χ0n) is 13.4. The highest BCUT2D eigenvalue weighted by atomic mass is 16.5. The van der Waals surface area contributed by atoms with Gasteiger partial charge in [0.25, 0.3) is 0 Å². The monoisotopic (exact) mass is 306 g/mol. The highest BCUT2D eigenvalue weighted by molar-refractivity contribution is 6.02. The van der Waals surface area contributed by atoms with Gasteiger partial charge in [0.1, 0.15) is 5.60 Å². The Kier molecular flexibility index (Phi) is 4.13. The van der Waals surface area contributed by atoms with E-state index in [0.29, 0.717) is 0 Å². The first-order valence-corrected chi connectivity index (χ1v) is 7.45. The fourth-order valence-electron chi connectivity index (χ4n) is 3.25. The van der Waals surface area contributed by atoms with Gasteiger partial charge >= 0.3 is 5.97 Å². The quantitative estimate of drug-likeness (QED) is 0.801. The third-order valence-electron chi connectivity index (χ3n) is 5.17. The largest absolute Gasteiger partial charge is 0.465 e. The summed E-state index contributed by atoms with van der Waals surface area (Å²) in [4.78, 5) is 35.3. The molecule has 2 aliphatic carbocycles. The number of ketones is 2. The summed E-state index contributed by atoms with van der Waals surface area (Å²) in [6.07, 6.45) is 4.71. The Morgan fingerprint density at radius 2 is 2.09 bits per heavy atom. The topological polar surface area (TPSA) is 80.7 Å². The lowest BCUT2D eigenvalue weighted by Crippen LogP contribution is -2.55. The van der Waals surface area contributed by atoms with Crippen LogP contribution in [0.1, 0.15) is 34.1 Å². The molecule has 1 N–H and O–H groups in total. The molecule has 2 aliphatic rings. The molecule has 120 valence electrons. The molecule has 0 heterocycles. The summed E-state index contributed by atoms with van der Waals surface area (Å²) in [6.45, 7) is 6.63. The van der Waals surface area contributed by atoms with Gasteiger partial charge in [-0.15, -0.1) is 0 Å². The average molecular weight is 306 g/mol. The van der Waals surface area contributed by atoms with Gasteiger partial charge in [0.15, 0.2) is 11.6 Å². The van der Waals surface area contributed by atoms with E-state index in [-0.39, 0.29) is 24.7 Å². The summed E-state index contributed by atoms with van der Waals surface area (Å²) in [5.74, 6) is -1.73. The Morgan fingerprint density at radius 1 is 1.45 bits per heavy atom. The van der Waals surface area contributed by atoms with Crippen LogP contribution in [0, 0.1) is 17.3 Å². The van der Waals surface area contributed by atoms with Crippen molar-refractivity contribution in [1.29, 1.82) is 0 Å². The van der Waals surface area contributed by atoms with Crippen molar-refractivity contribution in [3.8, 4) is 0 Å². The Morgan fingerprint density at radius 3 is 2.68 bits per heavy atom. The van der Waals surface area contributed by atoms with Crippen LogP contribution in [0.25, 0.3) is 0 Å². The predicted molar refractivity (Wildman–Crippen MR) is 79.9 cm³/mol. The minimum atomic E-state index is -1.63. The van der Waals surface area contributed by atoms with E-state index in [1.807, 2.05) is 13.8 Å². The van der Waals surface area contributed by atoms with E-state index in [0.717, 1.165) is 5.57 Å². The van der Waals surface area contributed by atoms with Gasteiger partial charge in [-0.2, -0.15) is 0 Å². The number of fused-ring (bicyclic) bond motifs is 1. The number of aliphatic hydroxyl groups is 1. The zero-order chi connectivity index (χ0) is 16.7. The van der Waals surface area contributed by atoms with Crippen LogP contribution in [-0.2, 0) is 19.1 Å². The van der Waals surface area contributed by atoms with Gasteiger partial charge in [0.2, 0.25) is 0 Å². The molecule has 22 heavy (non-hydrogen) atoms. The number of esters is 1. The second-order valence-corrected chi connectivity index (χ2v) is 6.64. The molecule has 0 saturated carbocycles. The summed E-state index contributed by atoms with van der Waals surface area (Å²) in [6, 6.07) is 0. The summed E-state index contributed by atoms with van der Waals surface area (Å²) in [7, 11) is 0. The molecule has 0 aromatic carbocycles. The molecular weight excluding hydrogens is 284 g/mol. The van der Waals surface area contributed by atoms with Crippen LogP contribution in [-0.4, -0.2) is 34.9 Å². The molecule has 0 unspecified atom stereocenters. The Bertz CT molecular complexity index is 588. The maximum Gasteiger partial charge on any atom is 0.302 e. The van der Waals surface area contributed by atoms with Crippen LogP contribution >= 0.6 is 0 Å². The summed E-state index contributed by atoms with van der Waals surface area (Å²) < 4.78 is 4.93. The lowest BCUT2D eigenvalue weighted by Gasteiger charge is -2.48. The van der Waals surface area contributed by atoms with E-state index in [1.165, 1.54) is 19.1 Å². The first-order chi connectivity index (χ1) is 10.1. The number of allylic oxidation sites excluding steroid dienone is 3. The van der Waals surface area contributed by atoms with Gasteiger partial charge in [-0.25, -0.2) is 0 Å². The number of carbonyl (C=O) groups excluding carboxylic acids is 3. The first-order valence-electron chi connectivity index (χ1n) is 7.45. The second kappa shape index (κ2) is 5.47. The van der Waals surface area contributed by atoms with Crippen molar-refractivity contribution in [2.45, 2.75) is 39.7 Å². The smallest absolute Gasteiger partial charge is 0.302 e. The van der Waals surface area contributed by atoms with Gasteiger partial charge < -0.3 is 9.84 Å². The number of ether oxygens (including phenoxy) is 1. The first kappa shape index (κ1) is 16.6. The van der Waals surface area contributed by atoms with Crippen molar-refractivity contribution >= 4 is 17.5 Å². The molecule has 0 saturated heterocycles. The van der Waals surface area contributed by atoms with Crippen LogP contribution in [0.15, 0.2) is 23.8 Å². The second-order valence-electron chi connectivity index (χ2n) is 6.64. The molecule has 0 spiro atoms. The molecule has 5 heteroatoms. The van der Waals surface area contributed by atoms with E-state index >= 15 is 0 Å². The minimum absolute atomic E-state index is 0.0102. The van der Waals surface area contributed by atoms with E-state index < -0.39 is 28.7 Å². The Hall–Kier alpha value is -1.75. The number of carbonyl (C=O) groups is 3. The summed E-state index contributed by atoms with van der Waals surface area (Å²) >= 11 is 0. The lowest BCUT2D eigenvalue weighted by molar-refractivity contribution is -0.156. The maximum atomic E-state index is 12.4. The zero-order valence-corrected chi connectivity index (χ0v) is 13.4. The number of rotatable bonds is 3. The number of hydrogen-bond acceptors (Lipinski definition) is 5. The molecule has 0 aliphatic heterocycles. The molecule has 0 aromatic rings. The van der Waals surface area contributed by atoms with Gasteiger partial charge in [-0.1, -0.05) is 26.8 Å². The van der Waals surface area contributed by atoms with E-state index in [9.17, 15) is 19.5 Å². The van der Waals surface area contributed by atoms with Crippen LogP contribution in [0.3, 0.4) is 0 Å². The van der Waals surface area contributed by atoms with Crippen LogP contribution in [0.5, 0.6) is 0 Å². The van der Waals surface area contributed by atoms with Crippen molar-refractivity contribution in [3.63, 3.8) is 0 Å². The van der Waals surface area contributed by atoms with Gasteiger partial charge in [0, 0.05) is 24.2 Å². The van der Waals surface area contributed by atoms with Gasteiger partial charge in [-0.05, 0) is 24.1 Å². The van der Waals surface area contributed by atoms with Crippen molar-refractivity contribution in [2.75, 3.05) is 6.61 Å². The Labute approximate surface area is 130 Å². The fourth-order valence-corrected chi connectivity index (χ4v) is 3.25. The molecule has 5 nitrogen and oxygen atoms in total. The number of hydrogen-bond donors (Lipinski definition) is 1. The molecule has 0 amide bonds. The average Bonchev–Trinajstić information content (AvgIpc) is 2.44. The summed E-state index contributed by atoms with van der Waals surface area (Å²) in [5.41, 5.74) is -1.46. The van der Waals surface area contributed by atoms with Crippen LogP contribution in [0.4, 0.5) is 0 Å². The van der Waals surface area contributed by atoms with E-state index in [1.54, 1.807) is 13.0 Å². The fraction of sp³-hybridized carbons (Fsp3) is 0.588. The highest BCUT2D eigenvalue weighted by Crippen LogP contribution is 2.50. The molecular formula is C17H22O5. The van der Waals surface area contributed by atoms with Crippen molar-refractivity contribution < 1.29 is 24.2 Å². The standard InChI is InChI=1S/C17H22O5/c1-10(8-22-12(3)18)17(21)9-16(4)11(2)14(19)6-5-13(16)7-15(17)20/h5-7,10-11,21H,8-9H2,1-4H3/t10-,11-,16-,17-/m1/s1. The molecule has 0 aromatic heterocycles. The van der Waals surface area contributed by atoms with Crippen LogP contribution < -0.4 is 0 Å².